The van der Waals surface area contributed by atoms with Crippen LogP contribution in [0.15, 0.2) is 63.1 Å². The number of aromatic nitrogens is 6. The highest BCUT2D eigenvalue weighted by Crippen LogP contribution is 2.25. The van der Waals surface area contributed by atoms with E-state index in [2.05, 4.69) is 30.3 Å². The second kappa shape index (κ2) is 6.59. The molecular formula is C15H10N6O2S. The van der Waals surface area contributed by atoms with Gasteiger partial charge in [-0.25, -0.2) is 4.98 Å². The van der Waals surface area contributed by atoms with Crippen LogP contribution >= 0.6 is 11.8 Å². The van der Waals surface area contributed by atoms with Crippen molar-refractivity contribution < 1.29 is 8.94 Å². The van der Waals surface area contributed by atoms with Crippen LogP contribution < -0.4 is 0 Å². The van der Waals surface area contributed by atoms with E-state index in [9.17, 15) is 0 Å². The van der Waals surface area contributed by atoms with Crippen molar-refractivity contribution in [3.63, 3.8) is 0 Å². The van der Waals surface area contributed by atoms with E-state index in [1.54, 1.807) is 18.6 Å². The molecule has 3 aromatic heterocycles. The molecule has 0 aliphatic heterocycles. The van der Waals surface area contributed by atoms with Crippen molar-refractivity contribution in [2.75, 3.05) is 0 Å². The van der Waals surface area contributed by atoms with Gasteiger partial charge in [0.2, 0.25) is 11.7 Å². The Hall–Kier alpha value is -3.07. The molecule has 0 saturated carbocycles. The molecular weight excluding hydrogens is 328 g/mol. The van der Waals surface area contributed by atoms with Crippen LogP contribution in [0.3, 0.4) is 0 Å². The van der Waals surface area contributed by atoms with E-state index >= 15 is 0 Å². The fraction of sp³-hybridized carbons (Fsp3) is 0.0667. The predicted molar refractivity (Wildman–Crippen MR) is 84.6 cm³/mol. The molecule has 0 radical (unpaired) electrons. The second-order valence-corrected chi connectivity index (χ2v) is 5.56. The third kappa shape index (κ3) is 3.15. The van der Waals surface area contributed by atoms with Gasteiger partial charge in [-0.3, -0.25) is 4.98 Å². The summed E-state index contributed by atoms with van der Waals surface area (Å²) >= 11 is 1.31. The summed E-state index contributed by atoms with van der Waals surface area (Å²) in [7, 11) is 0. The second-order valence-electron chi connectivity index (χ2n) is 4.63. The van der Waals surface area contributed by atoms with Gasteiger partial charge in [-0.15, -0.1) is 10.2 Å². The van der Waals surface area contributed by atoms with Crippen molar-refractivity contribution >= 4 is 11.8 Å². The molecule has 0 unspecified atom stereocenters. The Bertz CT molecular complexity index is 848. The van der Waals surface area contributed by atoms with Crippen molar-refractivity contribution in [1.82, 2.24) is 30.3 Å². The first kappa shape index (κ1) is 14.5. The molecule has 0 amide bonds. The van der Waals surface area contributed by atoms with Gasteiger partial charge in [-0.1, -0.05) is 47.3 Å². The zero-order chi connectivity index (χ0) is 16.2. The molecule has 0 fully saturated rings. The lowest BCUT2D eigenvalue weighted by Crippen LogP contribution is -1.83. The van der Waals surface area contributed by atoms with Crippen molar-refractivity contribution in [3.8, 4) is 23.0 Å². The van der Waals surface area contributed by atoms with Gasteiger partial charge in [0.1, 0.15) is 5.69 Å². The molecule has 4 aromatic rings. The van der Waals surface area contributed by atoms with Gasteiger partial charge in [-0.05, 0) is 0 Å². The Kier molecular flexibility index (Phi) is 3.98. The first-order valence-corrected chi connectivity index (χ1v) is 7.98. The van der Waals surface area contributed by atoms with E-state index in [-0.39, 0.29) is 0 Å². The maximum absolute atomic E-state index is 5.53. The van der Waals surface area contributed by atoms with Gasteiger partial charge >= 0.3 is 0 Å². The summed E-state index contributed by atoms with van der Waals surface area (Å²) in [6.07, 6.45) is 4.71. The molecule has 0 saturated heterocycles. The average Bonchev–Trinajstić information content (AvgIpc) is 3.31. The van der Waals surface area contributed by atoms with Crippen molar-refractivity contribution in [1.29, 1.82) is 0 Å². The van der Waals surface area contributed by atoms with Crippen LogP contribution in [0.1, 0.15) is 5.89 Å². The van der Waals surface area contributed by atoms with Gasteiger partial charge in [0.15, 0.2) is 0 Å². The Morgan fingerprint density at radius 3 is 2.79 bits per heavy atom. The van der Waals surface area contributed by atoms with Gasteiger partial charge in [0.25, 0.3) is 11.1 Å². The quantitative estimate of drug-likeness (QED) is 0.508. The molecule has 1 aromatic carbocycles. The summed E-state index contributed by atoms with van der Waals surface area (Å²) in [5, 5.41) is 12.3. The fourth-order valence-corrected chi connectivity index (χ4v) is 2.52. The summed E-state index contributed by atoms with van der Waals surface area (Å²) in [6, 6.07) is 9.63. The van der Waals surface area contributed by atoms with E-state index < -0.39 is 0 Å². The Labute approximate surface area is 140 Å². The maximum atomic E-state index is 5.53. The zero-order valence-corrected chi connectivity index (χ0v) is 13.1. The summed E-state index contributed by atoms with van der Waals surface area (Å²) < 4.78 is 10.8. The van der Waals surface area contributed by atoms with E-state index in [4.69, 9.17) is 8.94 Å². The smallest absolute Gasteiger partial charge is 0.277 e. The zero-order valence-electron chi connectivity index (χ0n) is 12.2. The number of hydrogen-bond acceptors (Lipinski definition) is 9. The number of nitrogens with zero attached hydrogens (tertiary/aromatic N) is 6. The van der Waals surface area contributed by atoms with Gasteiger partial charge in [0, 0.05) is 18.0 Å². The lowest BCUT2D eigenvalue weighted by atomic mass is 10.2. The summed E-state index contributed by atoms with van der Waals surface area (Å²) in [6.45, 7) is 0. The molecule has 8 nitrogen and oxygen atoms in total. The highest BCUT2D eigenvalue weighted by atomic mass is 32.2. The minimum atomic E-state index is 0.320. The molecule has 0 spiro atoms. The first-order valence-electron chi connectivity index (χ1n) is 6.99. The molecule has 0 aliphatic rings. The molecule has 0 aliphatic carbocycles. The summed E-state index contributed by atoms with van der Waals surface area (Å²) in [4.78, 5) is 12.4. The largest absolute Gasteiger partial charge is 0.410 e. The van der Waals surface area contributed by atoms with Crippen LogP contribution in [0.5, 0.6) is 0 Å². The Morgan fingerprint density at radius 1 is 1.04 bits per heavy atom. The van der Waals surface area contributed by atoms with E-state index in [0.717, 1.165) is 5.56 Å². The van der Waals surface area contributed by atoms with Gasteiger partial charge in [-0.2, -0.15) is 4.98 Å². The third-order valence-corrected chi connectivity index (χ3v) is 3.81. The van der Waals surface area contributed by atoms with Crippen LogP contribution in [-0.4, -0.2) is 30.3 Å². The van der Waals surface area contributed by atoms with Gasteiger partial charge in [0.05, 0.1) is 11.9 Å². The van der Waals surface area contributed by atoms with E-state index in [0.29, 0.717) is 34.3 Å². The number of benzene rings is 1. The first-order chi connectivity index (χ1) is 11.9. The summed E-state index contributed by atoms with van der Waals surface area (Å²) in [5.74, 6) is 1.79. The predicted octanol–water partition coefficient (Wildman–Crippen LogP) is 2.87. The van der Waals surface area contributed by atoms with Crippen molar-refractivity contribution in [2.24, 2.45) is 0 Å². The molecule has 9 heteroatoms. The average molecular weight is 338 g/mol. The highest BCUT2D eigenvalue weighted by Gasteiger charge is 2.13. The van der Waals surface area contributed by atoms with Crippen LogP contribution in [0.25, 0.3) is 23.0 Å². The van der Waals surface area contributed by atoms with E-state index in [1.807, 2.05) is 30.3 Å². The topological polar surface area (TPSA) is 104 Å². The molecule has 0 N–H and O–H groups in total. The lowest BCUT2D eigenvalue weighted by molar-refractivity contribution is 0.391. The molecule has 0 bridgehead atoms. The monoisotopic (exact) mass is 338 g/mol. The fourth-order valence-electron chi connectivity index (χ4n) is 1.92. The SMILES string of the molecule is c1ccc(-c2noc(CSc3nnc(-c4cnccn4)o3)n2)cc1. The standard InChI is InChI=1S/C15H10N6O2S/c1-2-4-10(5-3-1)13-18-12(23-21-13)9-24-15-20-19-14(22-15)11-8-16-6-7-17-11/h1-8H,9H2. The minimum Gasteiger partial charge on any atom is -0.410 e. The van der Waals surface area contributed by atoms with Crippen LogP contribution in [0, 0.1) is 0 Å². The molecule has 4 rings (SSSR count). The van der Waals surface area contributed by atoms with E-state index in [1.165, 1.54) is 11.8 Å². The Morgan fingerprint density at radius 2 is 1.96 bits per heavy atom. The highest BCUT2D eigenvalue weighted by molar-refractivity contribution is 7.98. The van der Waals surface area contributed by atoms with Crippen LogP contribution in [0.2, 0.25) is 0 Å². The summed E-state index contributed by atoms with van der Waals surface area (Å²) in [5.41, 5.74) is 1.43. The van der Waals surface area contributed by atoms with Crippen LogP contribution in [-0.2, 0) is 5.75 Å². The molecule has 24 heavy (non-hydrogen) atoms. The maximum Gasteiger partial charge on any atom is 0.277 e. The van der Waals surface area contributed by atoms with Crippen molar-refractivity contribution in [3.05, 3.63) is 54.8 Å². The molecule has 0 atom stereocenters. The number of hydrogen-bond donors (Lipinski definition) is 0. The lowest BCUT2D eigenvalue weighted by Gasteiger charge is -1.92. The molecule has 118 valence electrons. The minimum absolute atomic E-state index is 0.320. The number of rotatable bonds is 5. The third-order valence-electron chi connectivity index (χ3n) is 3.01. The van der Waals surface area contributed by atoms with Crippen LogP contribution in [0.4, 0.5) is 0 Å². The van der Waals surface area contributed by atoms with Crippen molar-refractivity contribution in [2.45, 2.75) is 11.0 Å². The van der Waals surface area contributed by atoms with Gasteiger partial charge < -0.3 is 8.94 Å². The number of thioether (sulfide) groups is 1. The normalized spacial score (nSPS) is 10.8. The Balaban J connectivity index is 1.43. The molecule has 3 heterocycles.